The van der Waals surface area contributed by atoms with Gasteiger partial charge in [-0.2, -0.15) is 0 Å². The zero-order valence-electron chi connectivity index (χ0n) is 13.6. The molecule has 1 amide bonds. The number of hydrogen-bond acceptors (Lipinski definition) is 3. The lowest BCUT2D eigenvalue weighted by Crippen LogP contribution is -2.08. The maximum absolute atomic E-state index is 12.8. The van der Waals surface area contributed by atoms with Crippen molar-refractivity contribution in [2.45, 2.75) is 13.4 Å². The topological polar surface area (TPSA) is 67.2 Å². The Labute approximate surface area is 121 Å². The summed E-state index contributed by atoms with van der Waals surface area (Å²) in [5.41, 5.74) is 7.88. The van der Waals surface area contributed by atoms with E-state index in [1.54, 1.807) is 24.3 Å². The molecule has 0 saturated heterocycles. The predicted octanol–water partition coefficient (Wildman–Crippen LogP) is 2.98. The van der Waals surface area contributed by atoms with Gasteiger partial charge in [-0.25, -0.2) is 4.39 Å². The molecule has 0 aromatic heterocycles. The monoisotopic (exact) mass is 276 g/mol. The Bertz CT molecular complexity index is 702. The van der Waals surface area contributed by atoms with Crippen molar-refractivity contribution in [3.8, 4) is 0 Å². The molecule has 20 heavy (non-hydrogen) atoms. The Morgan fingerprint density at radius 3 is 2.70 bits per heavy atom. The van der Waals surface area contributed by atoms with E-state index in [-0.39, 0.29) is 17.2 Å². The average molecular weight is 276 g/mol. The predicted molar refractivity (Wildman–Crippen MR) is 78.9 cm³/mol. The average Bonchev–Trinajstić information content (AvgIpc) is 2.48. The normalized spacial score (nSPS) is 12.9. The van der Waals surface area contributed by atoms with Crippen LogP contribution in [0, 0.1) is 5.82 Å². The van der Waals surface area contributed by atoms with Crippen molar-refractivity contribution in [3.63, 3.8) is 0 Å². The third-order valence-electron chi connectivity index (χ3n) is 2.71. The van der Waals surface area contributed by atoms with Crippen molar-refractivity contribution in [3.05, 3.63) is 53.8 Å². The van der Waals surface area contributed by atoms with Crippen molar-refractivity contribution < 1.29 is 13.3 Å². The van der Waals surface area contributed by atoms with Crippen LogP contribution in [0.25, 0.3) is 0 Å². The summed E-state index contributed by atoms with van der Waals surface area (Å²) in [6.07, 6.45) is 0. The summed E-state index contributed by atoms with van der Waals surface area (Å²) in [4.78, 5) is 11.4. The van der Waals surface area contributed by atoms with Gasteiger partial charge in [0.2, 0.25) is 5.91 Å². The summed E-state index contributed by atoms with van der Waals surface area (Å²) in [5.74, 6) is -1.39. The number of rotatable bonds is 4. The van der Waals surface area contributed by atoms with Crippen LogP contribution in [0.1, 0.15) is 16.5 Å². The Kier molecular flexibility index (Phi) is 3.10. The number of nitrogens with two attached hydrogens (primary N) is 1. The number of halogens is 1. The van der Waals surface area contributed by atoms with E-state index in [4.69, 9.17) is 9.85 Å². The Morgan fingerprint density at radius 1 is 1.30 bits per heavy atom. The molecule has 0 atom stereocenters. The number of anilines is 3. The highest BCUT2D eigenvalue weighted by molar-refractivity contribution is 5.92. The molecule has 0 aliphatic rings. The maximum Gasteiger partial charge on any atom is 0.221 e. The number of carbonyl (C=O) groups is 1. The number of hydrogen-bond donors (Lipinski definition) is 3. The van der Waals surface area contributed by atoms with E-state index >= 15 is 0 Å². The minimum Gasteiger partial charge on any atom is -0.397 e. The number of amides is 1. The third-order valence-corrected chi connectivity index (χ3v) is 2.71. The van der Waals surface area contributed by atoms with Crippen LogP contribution in [0.3, 0.4) is 0 Å². The summed E-state index contributed by atoms with van der Waals surface area (Å²) < 4.78 is 33.9. The standard InChI is InChI=1S/C15H16FN3O/c1-10(20)19-15-7-6-13(8-14(15)17)18-9-11-2-4-12(16)5-3-11/h2-8,18H,9,17H2,1H3,(H,19,20)/i1D3. The molecule has 4 nitrogen and oxygen atoms in total. The first-order chi connectivity index (χ1) is 10.8. The van der Waals surface area contributed by atoms with E-state index in [1.807, 2.05) is 0 Å². The van der Waals surface area contributed by atoms with Gasteiger partial charge >= 0.3 is 0 Å². The van der Waals surface area contributed by atoms with E-state index < -0.39 is 12.8 Å². The minimum atomic E-state index is -2.73. The van der Waals surface area contributed by atoms with Crippen molar-refractivity contribution >= 4 is 23.0 Å². The molecule has 0 radical (unpaired) electrons. The van der Waals surface area contributed by atoms with Gasteiger partial charge in [0.25, 0.3) is 0 Å². The second kappa shape index (κ2) is 6.06. The molecule has 0 spiro atoms. The maximum atomic E-state index is 12.8. The Morgan fingerprint density at radius 2 is 2.05 bits per heavy atom. The number of benzene rings is 2. The van der Waals surface area contributed by atoms with Crippen LogP contribution in [0.2, 0.25) is 0 Å². The van der Waals surface area contributed by atoms with Gasteiger partial charge in [0.05, 0.1) is 11.4 Å². The van der Waals surface area contributed by atoms with Gasteiger partial charge in [-0.3, -0.25) is 4.79 Å². The molecule has 0 bridgehead atoms. The summed E-state index contributed by atoms with van der Waals surface area (Å²) >= 11 is 0. The van der Waals surface area contributed by atoms with E-state index in [9.17, 15) is 9.18 Å². The van der Waals surface area contributed by atoms with E-state index in [1.165, 1.54) is 18.2 Å². The number of carbonyl (C=O) groups excluding carboxylic acids is 1. The second-order valence-corrected chi connectivity index (χ2v) is 4.24. The molecule has 2 rings (SSSR count). The Hall–Kier alpha value is -2.56. The van der Waals surface area contributed by atoms with Crippen LogP contribution >= 0.6 is 0 Å². The van der Waals surface area contributed by atoms with E-state index in [0.717, 1.165) is 5.56 Å². The molecule has 2 aromatic rings. The van der Waals surface area contributed by atoms with E-state index in [0.29, 0.717) is 12.2 Å². The molecule has 104 valence electrons. The second-order valence-electron chi connectivity index (χ2n) is 4.24. The van der Waals surface area contributed by atoms with Crippen LogP contribution in [-0.2, 0) is 11.3 Å². The fourth-order valence-corrected chi connectivity index (χ4v) is 1.72. The number of nitrogens with one attached hydrogen (secondary N) is 2. The van der Waals surface area contributed by atoms with Crippen LogP contribution < -0.4 is 16.4 Å². The lowest BCUT2D eigenvalue weighted by atomic mass is 10.2. The summed E-state index contributed by atoms with van der Waals surface area (Å²) in [6, 6.07) is 10.8. The highest BCUT2D eigenvalue weighted by Crippen LogP contribution is 2.23. The molecule has 0 unspecified atom stereocenters. The molecule has 5 heteroatoms. The molecule has 4 N–H and O–H groups in total. The van der Waals surface area contributed by atoms with Gasteiger partial charge in [0, 0.05) is 23.2 Å². The Balaban J connectivity index is 2.01. The van der Waals surface area contributed by atoms with Gasteiger partial charge in [-0.15, -0.1) is 0 Å². The van der Waals surface area contributed by atoms with Gasteiger partial charge in [-0.05, 0) is 35.9 Å². The smallest absolute Gasteiger partial charge is 0.221 e. The summed E-state index contributed by atoms with van der Waals surface area (Å²) in [6.45, 7) is -2.26. The summed E-state index contributed by atoms with van der Waals surface area (Å²) in [5, 5.41) is 5.37. The van der Waals surface area contributed by atoms with Crippen LogP contribution in [0.15, 0.2) is 42.5 Å². The molecule has 0 aliphatic carbocycles. The van der Waals surface area contributed by atoms with Crippen molar-refractivity contribution in [1.82, 2.24) is 0 Å². The first-order valence-corrected chi connectivity index (χ1v) is 5.95. The first kappa shape index (κ1) is 10.3. The molecule has 2 aromatic carbocycles. The van der Waals surface area contributed by atoms with Crippen LogP contribution in [-0.4, -0.2) is 5.91 Å². The quantitative estimate of drug-likeness (QED) is 0.752. The molecule has 0 saturated carbocycles. The third kappa shape index (κ3) is 3.71. The van der Waals surface area contributed by atoms with E-state index in [2.05, 4.69) is 10.6 Å². The van der Waals surface area contributed by atoms with Crippen molar-refractivity contribution in [2.24, 2.45) is 0 Å². The van der Waals surface area contributed by atoms with Crippen molar-refractivity contribution in [2.75, 3.05) is 16.4 Å². The molecular weight excluding hydrogens is 257 g/mol. The van der Waals surface area contributed by atoms with Crippen molar-refractivity contribution in [1.29, 1.82) is 0 Å². The van der Waals surface area contributed by atoms with Crippen LogP contribution in [0.5, 0.6) is 0 Å². The fourth-order valence-electron chi connectivity index (χ4n) is 1.72. The van der Waals surface area contributed by atoms with Gasteiger partial charge in [0.1, 0.15) is 5.82 Å². The minimum absolute atomic E-state index is 0.235. The molecule has 0 fully saturated rings. The van der Waals surface area contributed by atoms with Gasteiger partial charge < -0.3 is 16.4 Å². The van der Waals surface area contributed by atoms with Gasteiger partial charge in [0.15, 0.2) is 0 Å². The van der Waals surface area contributed by atoms with Crippen LogP contribution in [0.4, 0.5) is 21.5 Å². The molecule has 0 heterocycles. The lowest BCUT2D eigenvalue weighted by molar-refractivity contribution is -0.114. The number of nitrogen functional groups attached to an aromatic ring is 1. The zero-order valence-corrected chi connectivity index (χ0v) is 10.6. The SMILES string of the molecule is [2H]C([2H])([2H])C(=O)Nc1ccc(NCc2ccc(F)cc2)cc1N. The fraction of sp³-hybridized carbons (Fsp3) is 0.133. The first-order valence-electron chi connectivity index (χ1n) is 7.45. The lowest BCUT2D eigenvalue weighted by Gasteiger charge is -2.10. The zero-order chi connectivity index (χ0) is 17.0. The molecule has 0 aliphatic heterocycles. The molecular formula is C15H16FN3O. The summed E-state index contributed by atoms with van der Waals surface area (Å²) in [7, 11) is 0. The largest absolute Gasteiger partial charge is 0.397 e. The highest BCUT2D eigenvalue weighted by atomic mass is 19.1. The van der Waals surface area contributed by atoms with Gasteiger partial charge in [-0.1, -0.05) is 12.1 Å². The highest BCUT2D eigenvalue weighted by Gasteiger charge is 2.02.